The lowest BCUT2D eigenvalue weighted by Crippen LogP contribution is -2.37. The zero-order valence-corrected chi connectivity index (χ0v) is 12.7. The van der Waals surface area contributed by atoms with Crippen molar-refractivity contribution in [2.24, 2.45) is 11.8 Å². The molecule has 0 amide bonds. The second kappa shape index (κ2) is 6.19. The van der Waals surface area contributed by atoms with Crippen LogP contribution < -0.4 is 5.32 Å². The molecule has 1 fully saturated rings. The van der Waals surface area contributed by atoms with Gasteiger partial charge in [-0.25, -0.2) is 0 Å². The van der Waals surface area contributed by atoms with Gasteiger partial charge in [-0.1, -0.05) is 13.8 Å². The Morgan fingerprint density at radius 3 is 2.18 bits per heavy atom. The molecule has 2 nitrogen and oxygen atoms in total. The fourth-order valence-electron chi connectivity index (χ4n) is 2.58. The van der Waals surface area contributed by atoms with Crippen molar-refractivity contribution in [1.29, 1.82) is 0 Å². The zero-order chi connectivity index (χ0) is 13.1. The molecule has 1 heterocycles. The number of likely N-dealkylation sites (tertiary alicyclic amines) is 1. The molecule has 102 valence electrons. The Hall–Kier alpha value is -0.0800. The maximum Gasteiger partial charge on any atom is 0.00965 e. The zero-order valence-electron chi connectivity index (χ0n) is 12.7. The third kappa shape index (κ3) is 5.39. The van der Waals surface area contributed by atoms with Crippen molar-refractivity contribution < 1.29 is 0 Å². The third-order valence-electron chi connectivity index (χ3n) is 4.09. The number of nitrogens with one attached hydrogen (secondary N) is 1. The van der Waals surface area contributed by atoms with Gasteiger partial charge >= 0.3 is 0 Å². The van der Waals surface area contributed by atoms with Crippen molar-refractivity contribution in [2.45, 2.75) is 66.0 Å². The lowest BCUT2D eigenvalue weighted by atomic mass is 10.0. The Morgan fingerprint density at radius 2 is 1.71 bits per heavy atom. The van der Waals surface area contributed by atoms with E-state index in [0.717, 1.165) is 24.4 Å². The first-order valence-electron chi connectivity index (χ1n) is 7.28. The van der Waals surface area contributed by atoms with Gasteiger partial charge in [0.1, 0.15) is 0 Å². The highest BCUT2D eigenvalue weighted by Gasteiger charge is 2.28. The molecule has 1 aliphatic heterocycles. The molecular formula is C15H32N2. The molecule has 0 aromatic rings. The molecule has 1 N–H and O–H groups in total. The molecule has 3 atom stereocenters. The maximum atomic E-state index is 3.57. The van der Waals surface area contributed by atoms with E-state index in [1.165, 1.54) is 25.9 Å². The molecule has 17 heavy (non-hydrogen) atoms. The average molecular weight is 240 g/mol. The lowest BCUT2D eigenvalue weighted by Gasteiger charge is -2.25. The second-order valence-corrected chi connectivity index (χ2v) is 7.08. The Bertz CT molecular complexity index is 209. The SMILES string of the molecule is CC1CN(C(C)CCCNC(C)(C)C)CC1C. The predicted octanol–water partition coefficient (Wildman–Crippen LogP) is 3.13. The average Bonchev–Trinajstić information content (AvgIpc) is 2.52. The standard InChI is InChI=1S/C15H32N2/c1-12-10-17(11-13(12)2)14(3)8-7-9-16-15(4,5)6/h12-14,16H,7-11H2,1-6H3. The van der Waals surface area contributed by atoms with Crippen molar-refractivity contribution in [1.82, 2.24) is 10.2 Å². The number of hydrogen-bond acceptors (Lipinski definition) is 2. The fourth-order valence-corrected chi connectivity index (χ4v) is 2.58. The van der Waals surface area contributed by atoms with Crippen molar-refractivity contribution in [3.8, 4) is 0 Å². The first kappa shape index (κ1) is 15.0. The normalized spacial score (nSPS) is 28.6. The number of hydrogen-bond donors (Lipinski definition) is 1. The van der Waals surface area contributed by atoms with Gasteiger partial charge in [-0.05, 0) is 58.9 Å². The molecule has 1 rings (SSSR count). The van der Waals surface area contributed by atoms with Gasteiger partial charge in [0.2, 0.25) is 0 Å². The second-order valence-electron chi connectivity index (χ2n) is 7.08. The van der Waals surface area contributed by atoms with E-state index in [0.29, 0.717) is 0 Å². The van der Waals surface area contributed by atoms with Gasteiger partial charge in [-0.15, -0.1) is 0 Å². The van der Waals surface area contributed by atoms with E-state index in [9.17, 15) is 0 Å². The minimum Gasteiger partial charge on any atom is -0.312 e. The van der Waals surface area contributed by atoms with Crippen LogP contribution >= 0.6 is 0 Å². The molecule has 1 saturated heterocycles. The molecule has 0 bridgehead atoms. The summed E-state index contributed by atoms with van der Waals surface area (Å²) in [5.41, 5.74) is 0.264. The van der Waals surface area contributed by atoms with Crippen LogP contribution in [0.25, 0.3) is 0 Å². The molecule has 0 aromatic heterocycles. The van der Waals surface area contributed by atoms with Crippen LogP contribution in [0.3, 0.4) is 0 Å². The van der Waals surface area contributed by atoms with E-state index in [4.69, 9.17) is 0 Å². The van der Waals surface area contributed by atoms with E-state index < -0.39 is 0 Å². The van der Waals surface area contributed by atoms with E-state index >= 15 is 0 Å². The van der Waals surface area contributed by atoms with Gasteiger partial charge in [0.05, 0.1) is 0 Å². The summed E-state index contributed by atoms with van der Waals surface area (Å²) in [6.45, 7) is 17.6. The molecule has 1 aliphatic rings. The topological polar surface area (TPSA) is 15.3 Å². The van der Waals surface area contributed by atoms with Crippen LogP contribution in [-0.2, 0) is 0 Å². The molecule has 0 radical (unpaired) electrons. The van der Waals surface area contributed by atoms with Crippen molar-refractivity contribution in [3.63, 3.8) is 0 Å². The van der Waals surface area contributed by atoms with E-state index in [-0.39, 0.29) is 5.54 Å². The van der Waals surface area contributed by atoms with Crippen molar-refractivity contribution >= 4 is 0 Å². The van der Waals surface area contributed by atoms with Gasteiger partial charge in [0.25, 0.3) is 0 Å². The minimum absolute atomic E-state index is 0.264. The summed E-state index contributed by atoms with van der Waals surface area (Å²) in [7, 11) is 0. The van der Waals surface area contributed by atoms with E-state index in [1.54, 1.807) is 0 Å². The molecule has 0 spiro atoms. The van der Waals surface area contributed by atoms with Crippen molar-refractivity contribution in [3.05, 3.63) is 0 Å². The summed E-state index contributed by atoms with van der Waals surface area (Å²) < 4.78 is 0. The quantitative estimate of drug-likeness (QED) is 0.743. The number of rotatable bonds is 5. The van der Waals surface area contributed by atoms with E-state index in [2.05, 4.69) is 51.8 Å². The lowest BCUT2D eigenvalue weighted by molar-refractivity contribution is 0.231. The fraction of sp³-hybridized carbons (Fsp3) is 1.00. The van der Waals surface area contributed by atoms with Crippen LogP contribution in [0, 0.1) is 11.8 Å². The smallest absolute Gasteiger partial charge is 0.00965 e. The Morgan fingerprint density at radius 1 is 1.18 bits per heavy atom. The summed E-state index contributed by atoms with van der Waals surface area (Å²) in [5, 5.41) is 3.57. The van der Waals surface area contributed by atoms with Crippen LogP contribution in [0.2, 0.25) is 0 Å². The Balaban J connectivity index is 2.16. The minimum atomic E-state index is 0.264. The van der Waals surface area contributed by atoms with Crippen LogP contribution in [0.5, 0.6) is 0 Å². The monoisotopic (exact) mass is 240 g/mol. The van der Waals surface area contributed by atoms with Crippen LogP contribution in [0.15, 0.2) is 0 Å². The van der Waals surface area contributed by atoms with Crippen LogP contribution in [0.1, 0.15) is 54.4 Å². The number of nitrogens with zero attached hydrogens (tertiary/aromatic N) is 1. The first-order valence-corrected chi connectivity index (χ1v) is 7.28. The molecule has 3 unspecified atom stereocenters. The van der Waals surface area contributed by atoms with Gasteiger partial charge < -0.3 is 10.2 Å². The maximum absolute atomic E-state index is 3.57. The molecule has 2 heteroatoms. The molecule has 0 aliphatic carbocycles. The van der Waals surface area contributed by atoms with Gasteiger partial charge in [0.15, 0.2) is 0 Å². The highest BCUT2D eigenvalue weighted by atomic mass is 15.2. The van der Waals surface area contributed by atoms with Crippen molar-refractivity contribution in [2.75, 3.05) is 19.6 Å². The predicted molar refractivity (Wildman–Crippen MR) is 76.4 cm³/mol. The summed E-state index contributed by atoms with van der Waals surface area (Å²) in [4.78, 5) is 2.67. The van der Waals surface area contributed by atoms with Gasteiger partial charge in [-0.3, -0.25) is 0 Å². The van der Waals surface area contributed by atoms with Gasteiger partial charge in [-0.2, -0.15) is 0 Å². The molecular weight excluding hydrogens is 208 g/mol. The molecule has 0 aromatic carbocycles. The van der Waals surface area contributed by atoms with E-state index in [1.807, 2.05) is 0 Å². The van der Waals surface area contributed by atoms with Gasteiger partial charge in [0, 0.05) is 24.7 Å². The van der Waals surface area contributed by atoms with Crippen LogP contribution in [0.4, 0.5) is 0 Å². The summed E-state index contributed by atoms with van der Waals surface area (Å²) >= 11 is 0. The third-order valence-corrected chi connectivity index (χ3v) is 4.09. The summed E-state index contributed by atoms with van der Waals surface area (Å²) in [6.07, 6.45) is 2.61. The van der Waals surface area contributed by atoms with Crippen LogP contribution in [-0.4, -0.2) is 36.1 Å². The Kier molecular flexibility index (Phi) is 5.46. The highest BCUT2D eigenvalue weighted by Crippen LogP contribution is 2.25. The first-order chi connectivity index (χ1) is 7.79. The highest BCUT2D eigenvalue weighted by molar-refractivity contribution is 4.82. The molecule has 0 saturated carbocycles. The largest absolute Gasteiger partial charge is 0.312 e. The summed E-state index contributed by atoms with van der Waals surface area (Å²) in [5.74, 6) is 1.76. The summed E-state index contributed by atoms with van der Waals surface area (Å²) in [6, 6.07) is 0.754. The Labute approximate surface area is 108 Å².